The predicted octanol–water partition coefficient (Wildman–Crippen LogP) is 2.49. The van der Waals surface area contributed by atoms with Crippen LogP contribution < -0.4 is 0 Å². The van der Waals surface area contributed by atoms with Crippen molar-refractivity contribution in [2.45, 2.75) is 31.7 Å². The SMILES string of the molecule is O=C(O)C1CCCN1C(=O)CCc1ncc(-c2ccccc2F)o1. The molecule has 126 valence electrons. The molecule has 0 aliphatic carbocycles. The average molecular weight is 332 g/mol. The Kier molecular flexibility index (Phi) is 4.59. The summed E-state index contributed by atoms with van der Waals surface area (Å²) >= 11 is 0. The highest BCUT2D eigenvalue weighted by Gasteiger charge is 2.33. The number of carboxylic acid groups (broad SMARTS) is 1. The predicted molar refractivity (Wildman–Crippen MR) is 82.6 cm³/mol. The molecule has 24 heavy (non-hydrogen) atoms. The summed E-state index contributed by atoms with van der Waals surface area (Å²) in [7, 11) is 0. The van der Waals surface area contributed by atoms with E-state index in [9.17, 15) is 14.0 Å². The Morgan fingerprint density at radius 3 is 2.92 bits per heavy atom. The molecule has 1 N–H and O–H groups in total. The number of oxazole rings is 1. The Balaban J connectivity index is 1.63. The van der Waals surface area contributed by atoms with E-state index >= 15 is 0 Å². The lowest BCUT2D eigenvalue weighted by Gasteiger charge is -2.20. The van der Waals surface area contributed by atoms with Crippen LogP contribution in [0.5, 0.6) is 0 Å². The lowest BCUT2D eigenvalue weighted by Crippen LogP contribution is -2.40. The van der Waals surface area contributed by atoms with E-state index in [1.54, 1.807) is 18.2 Å². The topological polar surface area (TPSA) is 83.6 Å². The van der Waals surface area contributed by atoms with Crippen molar-refractivity contribution in [3.05, 3.63) is 42.2 Å². The maximum Gasteiger partial charge on any atom is 0.326 e. The van der Waals surface area contributed by atoms with Gasteiger partial charge in [-0.1, -0.05) is 12.1 Å². The quantitative estimate of drug-likeness (QED) is 0.909. The van der Waals surface area contributed by atoms with Gasteiger partial charge in [-0.2, -0.15) is 0 Å². The number of amides is 1. The molecule has 1 aromatic heterocycles. The van der Waals surface area contributed by atoms with Gasteiger partial charge in [-0.05, 0) is 25.0 Å². The largest absolute Gasteiger partial charge is 0.480 e. The van der Waals surface area contributed by atoms with Gasteiger partial charge in [0.25, 0.3) is 0 Å². The molecule has 1 saturated heterocycles. The summed E-state index contributed by atoms with van der Waals surface area (Å²) in [5.41, 5.74) is 0.313. The normalized spacial score (nSPS) is 17.2. The second-order valence-corrected chi connectivity index (χ2v) is 5.68. The van der Waals surface area contributed by atoms with Crippen LogP contribution in [0.3, 0.4) is 0 Å². The summed E-state index contributed by atoms with van der Waals surface area (Å²) in [4.78, 5) is 28.8. The van der Waals surface area contributed by atoms with E-state index in [4.69, 9.17) is 9.52 Å². The lowest BCUT2D eigenvalue weighted by atomic mass is 10.2. The molecular weight excluding hydrogens is 315 g/mol. The summed E-state index contributed by atoms with van der Waals surface area (Å²) in [6.07, 6.45) is 2.96. The minimum atomic E-state index is -0.973. The molecule has 6 nitrogen and oxygen atoms in total. The van der Waals surface area contributed by atoms with Crippen LogP contribution in [-0.2, 0) is 16.0 Å². The van der Waals surface area contributed by atoms with E-state index in [-0.39, 0.29) is 18.7 Å². The molecule has 1 aromatic carbocycles. The van der Waals surface area contributed by atoms with Gasteiger partial charge in [0.15, 0.2) is 11.7 Å². The lowest BCUT2D eigenvalue weighted by molar-refractivity contribution is -0.148. The van der Waals surface area contributed by atoms with Crippen LogP contribution in [0.4, 0.5) is 4.39 Å². The zero-order chi connectivity index (χ0) is 17.1. The van der Waals surface area contributed by atoms with E-state index in [1.165, 1.54) is 17.2 Å². The van der Waals surface area contributed by atoms with E-state index in [1.807, 2.05) is 0 Å². The average Bonchev–Trinajstić information content (AvgIpc) is 3.22. The Morgan fingerprint density at radius 1 is 1.38 bits per heavy atom. The van der Waals surface area contributed by atoms with Crippen molar-refractivity contribution in [1.82, 2.24) is 9.88 Å². The van der Waals surface area contributed by atoms with Gasteiger partial charge in [-0.3, -0.25) is 4.79 Å². The van der Waals surface area contributed by atoms with Crippen molar-refractivity contribution < 1.29 is 23.5 Å². The van der Waals surface area contributed by atoms with Gasteiger partial charge < -0.3 is 14.4 Å². The number of carbonyl (C=O) groups is 2. The fourth-order valence-electron chi connectivity index (χ4n) is 2.89. The van der Waals surface area contributed by atoms with Crippen LogP contribution in [0.1, 0.15) is 25.2 Å². The van der Waals surface area contributed by atoms with Crippen LogP contribution in [0.2, 0.25) is 0 Å². The molecule has 1 atom stereocenters. The minimum absolute atomic E-state index is 0.112. The first-order chi connectivity index (χ1) is 11.6. The van der Waals surface area contributed by atoms with Crippen molar-refractivity contribution in [2.75, 3.05) is 6.54 Å². The smallest absolute Gasteiger partial charge is 0.326 e. The number of aryl methyl sites for hydroxylation is 1. The standard InChI is InChI=1S/C17H17FN2O4/c18-12-5-2-1-4-11(12)14-10-19-15(24-14)7-8-16(21)20-9-3-6-13(20)17(22)23/h1-2,4-5,10,13H,3,6-9H2,(H,22,23). The highest BCUT2D eigenvalue weighted by Crippen LogP contribution is 2.24. The highest BCUT2D eigenvalue weighted by atomic mass is 19.1. The Bertz CT molecular complexity index is 759. The van der Waals surface area contributed by atoms with Gasteiger partial charge in [0, 0.05) is 19.4 Å². The zero-order valence-electron chi connectivity index (χ0n) is 12.9. The molecule has 1 fully saturated rings. The van der Waals surface area contributed by atoms with Crippen molar-refractivity contribution >= 4 is 11.9 Å². The molecule has 1 unspecified atom stereocenters. The number of benzene rings is 1. The minimum Gasteiger partial charge on any atom is -0.480 e. The van der Waals surface area contributed by atoms with Gasteiger partial charge >= 0.3 is 5.97 Å². The number of hydrogen-bond donors (Lipinski definition) is 1. The molecule has 0 bridgehead atoms. The Morgan fingerprint density at radius 2 is 2.17 bits per heavy atom. The third-order valence-corrected chi connectivity index (χ3v) is 4.10. The first-order valence-corrected chi connectivity index (χ1v) is 7.78. The number of aliphatic carboxylic acids is 1. The second kappa shape index (κ2) is 6.82. The van der Waals surface area contributed by atoms with E-state index in [0.29, 0.717) is 36.6 Å². The van der Waals surface area contributed by atoms with Crippen LogP contribution in [0, 0.1) is 5.82 Å². The van der Waals surface area contributed by atoms with Crippen LogP contribution in [-0.4, -0.2) is 39.5 Å². The fraction of sp³-hybridized carbons (Fsp3) is 0.353. The fourth-order valence-corrected chi connectivity index (χ4v) is 2.89. The number of rotatable bonds is 5. The van der Waals surface area contributed by atoms with Gasteiger partial charge in [0.2, 0.25) is 5.91 Å². The number of likely N-dealkylation sites (tertiary alicyclic amines) is 1. The third-order valence-electron chi connectivity index (χ3n) is 4.10. The molecule has 1 amide bonds. The summed E-state index contributed by atoms with van der Waals surface area (Å²) in [5.74, 6) is -0.977. The molecule has 2 aromatic rings. The molecule has 0 spiro atoms. The van der Waals surface area contributed by atoms with E-state index < -0.39 is 17.8 Å². The summed E-state index contributed by atoms with van der Waals surface area (Å²) in [5, 5.41) is 9.11. The van der Waals surface area contributed by atoms with Gasteiger partial charge in [0.1, 0.15) is 11.9 Å². The Hall–Kier alpha value is -2.70. The summed E-state index contributed by atoms with van der Waals surface area (Å²) in [6, 6.07) is 5.47. The van der Waals surface area contributed by atoms with Crippen molar-refractivity contribution in [1.29, 1.82) is 0 Å². The second-order valence-electron chi connectivity index (χ2n) is 5.68. The first kappa shape index (κ1) is 16.2. The maximum absolute atomic E-state index is 13.7. The van der Waals surface area contributed by atoms with Crippen LogP contribution >= 0.6 is 0 Å². The highest BCUT2D eigenvalue weighted by molar-refractivity contribution is 5.84. The first-order valence-electron chi connectivity index (χ1n) is 7.78. The molecule has 3 rings (SSSR count). The number of carboxylic acids is 1. The third kappa shape index (κ3) is 3.29. The molecule has 0 saturated carbocycles. The van der Waals surface area contributed by atoms with Crippen molar-refractivity contribution in [3.8, 4) is 11.3 Å². The number of carbonyl (C=O) groups excluding carboxylic acids is 1. The number of aromatic nitrogens is 1. The molecule has 0 radical (unpaired) electrons. The number of hydrogen-bond acceptors (Lipinski definition) is 4. The van der Waals surface area contributed by atoms with Gasteiger partial charge in [0.05, 0.1) is 11.8 Å². The monoisotopic (exact) mass is 332 g/mol. The number of nitrogens with zero attached hydrogens (tertiary/aromatic N) is 2. The summed E-state index contributed by atoms with van der Waals surface area (Å²) in [6.45, 7) is 0.460. The maximum atomic E-state index is 13.7. The summed E-state index contributed by atoms with van der Waals surface area (Å²) < 4.78 is 19.2. The van der Waals surface area contributed by atoms with Crippen LogP contribution in [0.25, 0.3) is 11.3 Å². The van der Waals surface area contributed by atoms with Crippen LogP contribution in [0.15, 0.2) is 34.9 Å². The molecule has 2 heterocycles. The van der Waals surface area contributed by atoms with Crippen molar-refractivity contribution in [3.63, 3.8) is 0 Å². The molecular formula is C17H17FN2O4. The molecule has 7 heteroatoms. The number of halogens is 1. The zero-order valence-corrected chi connectivity index (χ0v) is 12.9. The van der Waals surface area contributed by atoms with Gasteiger partial charge in [-0.25, -0.2) is 14.2 Å². The van der Waals surface area contributed by atoms with E-state index in [0.717, 1.165) is 0 Å². The van der Waals surface area contributed by atoms with Crippen molar-refractivity contribution in [2.24, 2.45) is 0 Å². The van der Waals surface area contributed by atoms with E-state index in [2.05, 4.69) is 4.98 Å². The molecule has 1 aliphatic heterocycles. The Labute approximate surface area is 137 Å². The molecule has 1 aliphatic rings. The van der Waals surface area contributed by atoms with Gasteiger partial charge in [-0.15, -0.1) is 0 Å².